The standard InChI is InChI=1S/C14H23NS/c1-3-8-15-14(12-7-9-16-10-12)13-6-4-5-11(13)2/h7,9-11,13-15H,3-6,8H2,1-2H3. The lowest BCUT2D eigenvalue weighted by Crippen LogP contribution is -2.30. The Hall–Kier alpha value is -0.340. The molecule has 1 aromatic heterocycles. The second kappa shape index (κ2) is 5.83. The third kappa shape index (κ3) is 2.67. The summed E-state index contributed by atoms with van der Waals surface area (Å²) in [5, 5.41) is 8.27. The van der Waals surface area contributed by atoms with Gasteiger partial charge in [-0.3, -0.25) is 0 Å². The Bertz CT molecular complexity index is 294. The molecule has 2 rings (SSSR count). The predicted octanol–water partition coefficient (Wildman–Crippen LogP) is 4.23. The van der Waals surface area contributed by atoms with Crippen molar-refractivity contribution in [2.75, 3.05) is 6.54 Å². The van der Waals surface area contributed by atoms with E-state index in [-0.39, 0.29) is 0 Å². The highest BCUT2D eigenvalue weighted by Crippen LogP contribution is 2.40. The number of hydrogen-bond donors (Lipinski definition) is 1. The molecule has 2 heteroatoms. The molecular weight excluding hydrogens is 214 g/mol. The maximum atomic E-state index is 3.75. The molecule has 1 aliphatic carbocycles. The molecule has 1 fully saturated rings. The molecule has 90 valence electrons. The molecule has 0 amide bonds. The van der Waals surface area contributed by atoms with Gasteiger partial charge < -0.3 is 5.32 Å². The van der Waals surface area contributed by atoms with E-state index < -0.39 is 0 Å². The third-order valence-corrected chi connectivity index (χ3v) is 4.57. The highest BCUT2D eigenvalue weighted by Gasteiger charge is 2.31. The number of hydrogen-bond acceptors (Lipinski definition) is 2. The number of nitrogens with one attached hydrogen (secondary N) is 1. The minimum Gasteiger partial charge on any atom is -0.310 e. The van der Waals surface area contributed by atoms with E-state index in [1.165, 1.54) is 31.2 Å². The SMILES string of the molecule is CCCNC(c1ccsc1)C1CCCC1C. The monoisotopic (exact) mass is 237 g/mol. The van der Waals surface area contributed by atoms with Gasteiger partial charge in [0.1, 0.15) is 0 Å². The van der Waals surface area contributed by atoms with Crippen LogP contribution in [0.2, 0.25) is 0 Å². The molecule has 0 radical (unpaired) electrons. The van der Waals surface area contributed by atoms with Crippen molar-refractivity contribution >= 4 is 11.3 Å². The lowest BCUT2D eigenvalue weighted by atomic mass is 9.87. The van der Waals surface area contributed by atoms with Crippen molar-refractivity contribution in [1.29, 1.82) is 0 Å². The molecule has 0 saturated heterocycles. The minimum absolute atomic E-state index is 0.601. The van der Waals surface area contributed by atoms with Crippen LogP contribution in [-0.2, 0) is 0 Å². The first-order valence-corrected chi connectivity index (χ1v) is 7.52. The highest BCUT2D eigenvalue weighted by molar-refractivity contribution is 7.07. The van der Waals surface area contributed by atoms with Crippen molar-refractivity contribution in [3.05, 3.63) is 22.4 Å². The lowest BCUT2D eigenvalue weighted by Gasteiger charge is -2.27. The van der Waals surface area contributed by atoms with Gasteiger partial charge in [0, 0.05) is 6.04 Å². The molecule has 1 nitrogen and oxygen atoms in total. The second-order valence-corrected chi connectivity index (χ2v) is 5.84. The van der Waals surface area contributed by atoms with Gasteiger partial charge in [0.05, 0.1) is 0 Å². The van der Waals surface area contributed by atoms with Gasteiger partial charge in [-0.1, -0.05) is 26.7 Å². The zero-order valence-corrected chi connectivity index (χ0v) is 11.2. The molecule has 3 unspecified atom stereocenters. The summed E-state index contributed by atoms with van der Waals surface area (Å²) in [5.74, 6) is 1.73. The molecule has 1 aliphatic rings. The summed E-state index contributed by atoms with van der Waals surface area (Å²) < 4.78 is 0. The molecule has 1 aromatic rings. The molecule has 0 aromatic carbocycles. The quantitative estimate of drug-likeness (QED) is 0.808. The first kappa shape index (κ1) is 12.1. The van der Waals surface area contributed by atoms with Crippen molar-refractivity contribution in [3.8, 4) is 0 Å². The molecule has 0 spiro atoms. The van der Waals surface area contributed by atoms with Crippen LogP contribution in [0.1, 0.15) is 51.1 Å². The average molecular weight is 237 g/mol. The van der Waals surface area contributed by atoms with Gasteiger partial charge in [-0.05, 0) is 53.6 Å². The first-order chi connectivity index (χ1) is 7.83. The largest absolute Gasteiger partial charge is 0.310 e. The van der Waals surface area contributed by atoms with Crippen molar-refractivity contribution in [2.45, 2.75) is 45.6 Å². The molecule has 0 bridgehead atoms. The normalized spacial score (nSPS) is 27.1. The van der Waals surface area contributed by atoms with E-state index in [9.17, 15) is 0 Å². The van der Waals surface area contributed by atoms with Crippen LogP contribution in [0.4, 0.5) is 0 Å². The van der Waals surface area contributed by atoms with Gasteiger partial charge in [-0.2, -0.15) is 11.3 Å². The third-order valence-electron chi connectivity index (χ3n) is 3.87. The molecule has 3 atom stereocenters. The van der Waals surface area contributed by atoms with E-state index in [0.717, 1.165) is 18.4 Å². The van der Waals surface area contributed by atoms with Crippen LogP contribution < -0.4 is 5.32 Å². The van der Waals surface area contributed by atoms with E-state index in [0.29, 0.717) is 6.04 Å². The summed E-state index contributed by atoms with van der Waals surface area (Å²) in [6, 6.07) is 2.90. The second-order valence-electron chi connectivity index (χ2n) is 5.06. The Balaban J connectivity index is 2.08. The van der Waals surface area contributed by atoms with Gasteiger partial charge in [0.15, 0.2) is 0 Å². The van der Waals surface area contributed by atoms with Crippen LogP contribution in [0.5, 0.6) is 0 Å². The minimum atomic E-state index is 0.601. The topological polar surface area (TPSA) is 12.0 Å². The molecule has 1 heterocycles. The fourth-order valence-electron chi connectivity index (χ4n) is 2.94. The first-order valence-electron chi connectivity index (χ1n) is 6.58. The number of rotatable bonds is 5. The van der Waals surface area contributed by atoms with Crippen LogP contribution in [-0.4, -0.2) is 6.54 Å². The molecule has 1 N–H and O–H groups in total. The van der Waals surface area contributed by atoms with Crippen LogP contribution >= 0.6 is 11.3 Å². The predicted molar refractivity (Wildman–Crippen MR) is 71.9 cm³/mol. The summed E-state index contributed by atoms with van der Waals surface area (Å²) in [4.78, 5) is 0. The summed E-state index contributed by atoms with van der Waals surface area (Å²) in [7, 11) is 0. The molecular formula is C14H23NS. The van der Waals surface area contributed by atoms with E-state index >= 15 is 0 Å². The van der Waals surface area contributed by atoms with Crippen LogP contribution in [0.15, 0.2) is 16.8 Å². The zero-order chi connectivity index (χ0) is 11.4. The number of thiophene rings is 1. The van der Waals surface area contributed by atoms with Crippen molar-refractivity contribution in [2.24, 2.45) is 11.8 Å². The van der Waals surface area contributed by atoms with Gasteiger partial charge in [-0.15, -0.1) is 0 Å². The fraction of sp³-hybridized carbons (Fsp3) is 0.714. The lowest BCUT2D eigenvalue weighted by molar-refractivity contribution is 0.302. The van der Waals surface area contributed by atoms with Crippen molar-refractivity contribution in [3.63, 3.8) is 0 Å². The zero-order valence-electron chi connectivity index (χ0n) is 10.4. The van der Waals surface area contributed by atoms with Crippen LogP contribution in [0.25, 0.3) is 0 Å². The van der Waals surface area contributed by atoms with E-state index in [1.54, 1.807) is 0 Å². The molecule has 1 saturated carbocycles. The van der Waals surface area contributed by atoms with E-state index in [1.807, 2.05) is 11.3 Å². The summed E-state index contributed by atoms with van der Waals surface area (Å²) in [5.41, 5.74) is 1.51. The fourth-order valence-corrected chi connectivity index (χ4v) is 3.63. The Morgan fingerprint density at radius 2 is 2.38 bits per heavy atom. The summed E-state index contributed by atoms with van der Waals surface area (Å²) in [6.45, 7) is 5.81. The summed E-state index contributed by atoms with van der Waals surface area (Å²) in [6.07, 6.45) is 5.46. The Morgan fingerprint density at radius 3 is 2.94 bits per heavy atom. The van der Waals surface area contributed by atoms with Gasteiger partial charge in [-0.25, -0.2) is 0 Å². The average Bonchev–Trinajstić information content (AvgIpc) is 2.91. The maximum absolute atomic E-state index is 3.75. The van der Waals surface area contributed by atoms with Crippen molar-refractivity contribution < 1.29 is 0 Å². The highest BCUT2D eigenvalue weighted by atomic mass is 32.1. The maximum Gasteiger partial charge on any atom is 0.0359 e. The molecule has 0 aliphatic heterocycles. The Morgan fingerprint density at radius 1 is 1.50 bits per heavy atom. The van der Waals surface area contributed by atoms with Gasteiger partial charge in [0.25, 0.3) is 0 Å². The Labute approximate surface area is 103 Å². The summed E-state index contributed by atoms with van der Waals surface area (Å²) >= 11 is 1.82. The van der Waals surface area contributed by atoms with E-state index in [4.69, 9.17) is 0 Å². The van der Waals surface area contributed by atoms with Gasteiger partial charge >= 0.3 is 0 Å². The van der Waals surface area contributed by atoms with Crippen LogP contribution in [0.3, 0.4) is 0 Å². The van der Waals surface area contributed by atoms with E-state index in [2.05, 4.69) is 36.0 Å². The van der Waals surface area contributed by atoms with Gasteiger partial charge in [0.2, 0.25) is 0 Å². The Kier molecular flexibility index (Phi) is 4.42. The van der Waals surface area contributed by atoms with Crippen LogP contribution in [0, 0.1) is 11.8 Å². The smallest absolute Gasteiger partial charge is 0.0359 e. The van der Waals surface area contributed by atoms with Crippen molar-refractivity contribution in [1.82, 2.24) is 5.32 Å². The molecule has 16 heavy (non-hydrogen) atoms.